The molecule has 0 aliphatic carbocycles. The van der Waals surface area contributed by atoms with E-state index in [0.29, 0.717) is 13.2 Å². The highest BCUT2D eigenvalue weighted by Gasteiger charge is 2.25. The lowest BCUT2D eigenvalue weighted by atomic mass is 10.2. The molecule has 92 valence electrons. The van der Waals surface area contributed by atoms with Crippen LogP contribution in [0.25, 0.3) is 0 Å². The van der Waals surface area contributed by atoms with E-state index in [-0.39, 0.29) is 12.3 Å². The molecule has 0 aromatic carbocycles. The van der Waals surface area contributed by atoms with Gasteiger partial charge in [-0.3, -0.25) is 5.84 Å². The number of halogens is 1. The van der Waals surface area contributed by atoms with Gasteiger partial charge in [0.05, 0.1) is 0 Å². The fraction of sp³-hybridized carbons (Fsp3) is 0.600. The van der Waals surface area contributed by atoms with Crippen LogP contribution in [0.1, 0.15) is 24.8 Å². The molecule has 0 saturated heterocycles. The maximum Gasteiger partial charge on any atom is 0.178 e. The first kappa shape index (κ1) is 14.1. The van der Waals surface area contributed by atoms with Crippen LogP contribution in [0, 0.1) is 0 Å². The van der Waals surface area contributed by atoms with E-state index in [1.54, 1.807) is 11.3 Å². The molecule has 0 saturated carbocycles. The zero-order valence-corrected chi connectivity index (χ0v) is 11.8. The minimum atomic E-state index is -0.366. The second kappa shape index (κ2) is 7.37. The molecule has 1 atom stereocenters. The summed E-state index contributed by atoms with van der Waals surface area (Å²) in [4.78, 5) is 1.08. The van der Waals surface area contributed by atoms with Crippen LogP contribution >= 0.6 is 27.3 Å². The number of nitrogens with two attached hydrogens (primary N) is 1. The summed E-state index contributed by atoms with van der Waals surface area (Å²) in [5, 5.41) is 2.00. The summed E-state index contributed by atoms with van der Waals surface area (Å²) in [6.45, 7) is 5.05. The lowest BCUT2D eigenvalue weighted by molar-refractivity contribution is -0.154. The van der Waals surface area contributed by atoms with Crippen LogP contribution in [0.3, 0.4) is 0 Å². The molecule has 0 fully saturated rings. The molecule has 0 radical (unpaired) electrons. The quantitative estimate of drug-likeness (QED) is 0.461. The van der Waals surface area contributed by atoms with Crippen LogP contribution in [0.4, 0.5) is 0 Å². The van der Waals surface area contributed by atoms with Gasteiger partial charge < -0.3 is 9.47 Å². The van der Waals surface area contributed by atoms with Crippen LogP contribution < -0.4 is 11.3 Å². The molecular formula is C10H17BrN2O2S. The molecule has 0 aliphatic rings. The van der Waals surface area contributed by atoms with Crippen molar-refractivity contribution in [2.45, 2.75) is 26.2 Å². The SMILES string of the molecule is CCOC(OCC)C(NN)c1sccc1Br. The van der Waals surface area contributed by atoms with Crippen molar-refractivity contribution in [3.63, 3.8) is 0 Å². The molecule has 0 aliphatic heterocycles. The number of hydrogen-bond donors (Lipinski definition) is 2. The van der Waals surface area contributed by atoms with Crippen LogP contribution in [-0.4, -0.2) is 19.5 Å². The van der Waals surface area contributed by atoms with E-state index in [0.717, 1.165) is 9.35 Å². The first-order valence-corrected chi connectivity index (χ1v) is 6.84. The number of hydrogen-bond acceptors (Lipinski definition) is 5. The molecule has 4 nitrogen and oxygen atoms in total. The minimum absolute atomic E-state index is 0.158. The van der Waals surface area contributed by atoms with Gasteiger partial charge in [-0.25, -0.2) is 5.43 Å². The summed E-state index contributed by atoms with van der Waals surface area (Å²) in [6, 6.07) is 1.83. The second-order valence-electron chi connectivity index (χ2n) is 3.06. The predicted molar refractivity (Wildman–Crippen MR) is 69.1 cm³/mol. The van der Waals surface area contributed by atoms with Gasteiger partial charge in [0, 0.05) is 22.6 Å². The van der Waals surface area contributed by atoms with E-state index >= 15 is 0 Å². The van der Waals surface area contributed by atoms with Gasteiger partial charge in [-0.05, 0) is 41.2 Å². The van der Waals surface area contributed by atoms with Gasteiger partial charge in [-0.2, -0.15) is 0 Å². The molecule has 16 heavy (non-hydrogen) atoms. The van der Waals surface area contributed by atoms with Crippen molar-refractivity contribution in [2.75, 3.05) is 13.2 Å². The zero-order chi connectivity index (χ0) is 12.0. The van der Waals surface area contributed by atoms with Crippen molar-refractivity contribution in [1.29, 1.82) is 0 Å². The summed E-state index contributed by atoms with van der Waals surface area (Å²) in [7, 11) is 0. The molecule has 1 rings (SSSR count). The highest BCUT2D eigenvalue weighted by Crippen LogP contribution is 2.31. The molecule has 1 unspecified atom stereocenters. The lowest BCUT2D eigenvalue weighted by Crippen LogP contribution is -2.39. The Hall–Kier alpha value is 0.0200. The third-order valence-corrected chi connectivity index (χ3v) is 3.99. The maximum absolute atomic E-state index is 5.57. The molecule has 1 heterocycles. The summed E-state index contributed by atoms with van der Waals surface area (Å²) < 4.78 is 12.1. The Bertz CT molecular complexity index is 303. The van der Waals surface area contributed by atoms with Crippen molar-refractivity contribution in [1.82, 2.24) is 5.43 Å². The topological polar surface area (TPSA) is 56.5 Å². The monoisotopic (exact) mass is 308 g/mol. The number of nitrogens with one attached hydrogen (secondary N) is 1. The van der Waals surface area contributed by atoms with E-state index in [1.165, 1.54) is 0 Å². The predicted octanol–water partition coefficient (Wildman–Crippen LogP) is 2.41. The highest BCUT2D eigenvalue weighted by molar-refractivity contribution is 9.10. The van der Waals surface area contributed by atoms with Crippen LogP contribution in [0.2, 0.25) is 0 Å². The summed E-state index contributed by atoms with van der Waals surface area (Å²) in [6.07, 6.45) is -0.366. The third-order valence-electron chi connectivity index (χ3n) is 2.04. The number of ether oxygens (including phenoxy) is 2. The number of thiophene rings is 1. The van der Waals surface area contributed by atoms with Gasteiger partial charge in [-0.15, -0.1) is 11.3 Å². The Morgan fingerprint density at radius 2 is 2.06 bits per heavy atom. The Labute approximate surface area is 108 Å². The van der Waals surface area contributed by atoms with Gasteiger partial charge in [0.1, 0.15) is 6.04 Å². The molecule has 1 aromatic heterocycles. The Balaban J connectivity index is 2.81. The van der Waals surface area contributed by atoms with Gasteiger partial charge in [0.2, 0.25) is 0 Å². The lowest BCUT2D eigenvalue weighted by Gasteiger charge is -2.25. The van der Waals surface area contributed by atoms with E-state index in [9.17, 15) is 0 Å². The minimum Gasteiger partial charge on any atom is -0.351 e. The molecule has 0 bridgehead atoms. The Morgan fingerprint density at radius 3 is 2.44 bits per heavy atom. The standard InChI is InChI=1S/C10H17BrN2O2S/c1-3-14-10(15-4-2)8(13-12)9-7(11)5-6-16-9/h5-6,8,10,13H,3-4,12H2,1-2H3. The molecule has 6 heteroatoms. The molecule has 0 spiro atoms. The summed E-state index contributed by atoms with van der Waals surface area (Å²) in [5.41, 5.74) is 2.75. The van der Waals surface area contributed by atoms with Gasteiger partial charge >= 0.3 is 0 Å². The van der Waals surface area contributed by atoms with E-state index in [4.69, 9.17) is 15.3 Å². The van der Waals surface area contributed by atoms with Crippen molar-refractivity contribution in [2.24, 2.45) is 5.84 Å². The van der Waals surface area contributed by atoms with Gasteiger partial charge in [-0.1, -0.05) is 0 Å². The van der Waals surface area contributed by atoms with Crippen molar-refractivity contribution in [3.05, 3.63) is 20.8 Å². The van der Waals surface area contributed by atoms with E-state index in [2.05, 4.69) is 21.4 Å². The normalized spacial score (nSPS) is 13.3. The fourth-order valence-electron chi connectivity index (χ4n) is 1.37. The van der Waals surface area contributed by atoms with Crippen molar-refractivity contribution in [3.8, 4) is 0 Å². The molecule has 3 N–H and O–H groups in total. The summed E-state index contributed by atoms with van der Waals surface area (Å²) >= 11 is 5.09. The average molecular weight is 309 g/mol. The van der Waals surface area contributed by atoms with Crippen molar-refractivity contribution < 1.29 is 9.47 Å². The molecule has 1 aromatic rings. The van der Waals surface area contributed by atoms with E-state index in [1.807, 2.05) is 25.3 Å². The van der Waals surface area contributed by atoms with Gasteiger partial charge in [0.15, 0.2) is 6.29 Å². The molecular weight excluding hydrogens is 292 g/mol. The maximum atomic E-state index is 5.57. The van der Waals surface area contributed by atoms with Crippen LogP contribution in [0.5, 0.6) is 0 Å². The number of rotatable bonds is 7. The smallest absolute Gasteiger partial charge is 0.178 e. The first-order chi connectivity index (χ1) is 7.74. The first-order valence-electron chi connectivity index (χ1n) is 5.16. The van der Waals surface area contributed by atoms with Gasteiger partial charge in [0.25, 0.3) is 0 Å². The van der Waals surface area contributed by atoms with Crippen molar-refractivity contribution >= 4 is 27.3 Å². The van der Waals surface area contributed by atoms with Crippen LogP contribution in [-0.2, 0) is 9.47 Å². The highest BCUT2D eigenvalue weighted by atomic mass is 79.9. The second-order valence-corrected chi connectivity index (χ2v) is 4.86. The Kier molecular flexibility index (Phi) is 6.48. The third kappa shape index (κ3) is 3.51. The largest absolute Gasteiger partial charge is 0.351 e. The average Bonchev–Trinajstić information content (AvgIpc) is 2.67. The summed E-state index contributed by atoms with van der Waals surface area (Å²) in [5.74, 6) is 5.57. The van der Waals surface area contributed by atoms with E-state index < -0.39 is 0 Å². The Morgan fingerprint density at radius 1 is 1.44 bits per heavy atom. The number of hydrazine groups is 1. The molecule has 0 amide bonds. The van der Waals surface area contributed by atoms with Crippen LogP contribution in [0.15, 0.2) is 15.9 Å². The fourth-order valence-corrected chi connectivity index (χ4v) is 3.07. The zero-order valence-electron chi connectivity index (χ0n) is 9.40.